The van der Waals surface area contributed by atoms with Crippen LogP contribution in [0, 0.1) is 6.92 Å². The molecule has 7 nitrogen and oxygen atoms in total. The molecule has 0 aliphatic carbocycles. The number of rotatable bonds is 5. The number of carbonyl (C=O) groups is 2. The highest BCUT2D eigenvalue weighted by atomic mass is 32.2. The SMILES string of the molecule is Cc1ccc(C(=O)Nc2ccc(NC(=O)CS(C)(=O)=O)cc2)o1. The summed E-state index contributed by atoms with van der Waals surface area (Å²) in [5.74, 6) is -0.738. The monoisotopic (exact) mass is 336 g/mol. The van der Waals surface area contributed by atoms with Crippen molar-refractivity contribution in [3.8, 4) is 0 Å². The van der Waals surface area contributed by atoms with Gasteiger partial charge in [-0.1, -0.05) is 0 Å². The van der Waals surface area contributed by atoms with Gasteiger partial charge < -0.3 is 15.1 Å². The third kappa shape index (κ3) is 5.26. The molecule has 0 radical (unpaired) electrons. The summed E-state index contributed by atoms with van der Waals surface area (Å²) in [6, 6.07) is 9.56. The van der Waals surface area contributed by atoms with Crippen molar-refractivity contribution in [3.63, 3.8) is 0 Å². The number of sulfone groups is 1. The Morgan fingerprint density at radius 3 is 2.04 bits per heavy atom. The second-order valence-electron chi connectivity index (χ2n) is 5.06. The van der Waals surface area contributed by atoms with E-state index in [1.807, 2.05) is 0 Å². The van der Waals surface area contributed by atoms with Crippen LogP contribution in [-0.2, 0) is 14.6 Å². The lowest BCUT2D eigenvalue weighted by Crippen LogP contribution is -2.21. The van der Waals surface area contributed by atoms with Crippen molar-refractivity contribution in [1.82, 2.24) is 0 Å². The third-order valence-corrected chi connectivity index (χ3v) is 3.57. The average Bonchev–Trinajstić information content (AvgIpc) is 2.85. The molecule has 122 valence electrons. The Morgan fingerprint density at radius 2 is 1.57 bits per heavy atom. The minimum Gasteiger partial charge on any atom is -0.456 e. The van der Waals surface area contributed by atoms with E-state index in [-0.39, 0.29) is 11.7 Å². The third-order valence-electron chi connectivity index (χ3n) is 2.78. The summed E-state index contributed by atoms with van der Waals surface area (Å²) >= 11 is 0. The molecule has 1 heterocycles. The Labute approximate surface area is 133 Å². The van der Waals surface area contributed by atoms with Gasteiger partial charge in [-0.05, 0) is 43.3 Å². The molecule has 2 aromatic rings. The Balaban J connectivity index is 1.97. The standard InChI is InChI=1S/C15H16N2O5S/c1-10-3-8-13(22-10)15(19)17-12-6-4-11(5-7-12)16-14(18)9-23(2,20)21/h3-8H,9H2,1-2H3,(H,16,18)(H,17,19). The van der Waals surface area contributed by atoms with Crippen LogP contribution >= 0.6 is 0 Å². The molecule has 0 aliphatic rings. The summed E-state index contributed by atoms with van der Waals surface area (Å²) in [6.07, 6.45) is 0.988. The summed E-state index contributed by atoms with van der Waals surface area (Å²) in [7, 11) is -3.38. The number of anilines is 2. The maximum absolute atomic E-state index is 11.9. The number of aryl methyl sites for hydroxylation is 1. The van der Waals surface area contributed by atoms with Crippen molar-refractivity contribution in [1.29, 1.82) is 0 Å². The van der Waals surface area contributed by atoms with E-state index in [0.29, 0.717) is 17.1 Å². The quantitative estimate of drug-likeness (QED) is 0.866. The Kier molecular flexibility index (Phi) is 4.85. The van der Waals surface area contributed by atoms with E-state index < -0.39 is 21.5 Å². The zero-order valence-electron chi connectivity index (χ0n) is 12.6. The van der Waals surface area contributed by atoms with Crippen LogP contribution in [-0.4, -0.2) is 32.2 Å². The van der Waals surface area contributed by atoms with Gasteiger partial charge in [0.1, 0.15) is 11.5 Å². The zero-order chi connectivity index (χ0) is 17.0. The highest BCUT2D eigenvalue weighted by molar-refractivity contribution is 7.91. The van der Waals surface area contributed by atoms with Gasteiger partial charge in [-0.3, -0.25) is 9.59 Å². The molecule has 1 aromatic heterocycles. The molecule has 0 saturated carbocycles. The molecule has 0 unspecified atom stereocenters. The first-order chi connectivity index (χ1) is 10.7. The molecule has 0 bridgehead atoms. The number of furan rings is 1. The van der Waals surface area contributed by atoms with Crippen LogP contribution in [0.3, 0.4) is 0 Å². The first-order valence-corrected chi connectivity index (χ1v) is 8.74. The maximum Gasteiger partial charge on any atom is 0.291 e. The number of carbonyl (C=O) groups excluding carboxylic acids is 2. The molecule has 8 heteroatoms. The molecular weight excluding hydrogens is 320 g/mol. The van der Waals surface area contributed by atoms with Crippen LogP contribution in [0.25, 0.3) is 0 Å². The Bertz CT molecular complexity index is 822. The van der Waals surface area contributed by atoms with E-state index in [9.17, 15) is 18.0 Å². The van der Waals surface area contributed by atoms with Crippen molar-refractivity contribution in [3.05, 3.63) is 47.9 Å². The highest BCUT2D eigenvalue weighted by Gasteiger charge is 2.12. The lowest BCUT2D eigenvalue weighted by Gasteiger charge is -2.07. The van der Waals surface area contributed by atoms with Gasteiger partial charge in [-0.2, -0.15) is 0 Å². The molecule has 2 amide bonds. The summed E-state index contributed by atoms with van der Waals surface area (Å²) in [5.41, 5.74) is 0.954. The van der Waals surface area contributed by atoms with E-state index in [1.54, 1.807) is 43.3 Å². The van der Waals surface area contributed by atoms with Gasteiger partial charge in [0.2, 0.25) is 5.91 Å². The minimum atomic E-state index is -3.38. The summed E-state index contributed by atoms with van der Waals surface area (Å²) in [6.45, 7) is 1.74. The summed E-state index contributed by atoms with van der Waals surface area (Å²) < 4.78 is 27.3. The molecule has 0 atom stereocenters. The van der Waals surface area contributed by atoms with Gasteiger partial charge in [-0.25, -0.2) is 8.42 Å². The van der Waals surface area contributed by atoms with Gasteiger partial charge in [0.25, 0.3) is 5.91 Å². The zero-order valence-corrected chi connectivity index (χ0v) is 13.4. The fourth-order valence-electron chi connectivity index (χ4n) is 1.82. The molecule has 0 spiro atoms. The van der Waals surface area contributed by atoms with Crippen LogP contribution in [0.1, 0.15) is 16.3 Å². The largest absolute Gasteiger partial charge is 0.456 e. The van der Waals surface area contributed by atoms with E-state index >= 15 is 0 Å². The lowest BCUT2D eigenvalue weighted by atomic mass is 10.2. The van der Waals surface area contributed by atoms with Gasteiger partial charge in [0.15, 0.2) is 15.6 Å². The topological polar surface area (TPSA) is 105 Å². The Morgan fingerprint density at radius 1 is 1.00 bits per heavy atom. The van der Waals surface area contributed by atoms with E-state index in [4.69, 9.17) is 4.42 Å². The van der Waals surface area contributed by atoms with Gasteiger partial charge >= 0.3 is 0 Å². The predicted octanol–water partition coefficient (Wildman–Crippen LogP) is 1.82. The fraction of sp³-hybridized carbons (Fsp3) is 0.200. The van der Waals surface area contributed by atoms with Crippen LogP contribution in [0.4, 0.5) is 11.4 Å². The van der Waals surface area contributed by atoms with Gasteiger partial charge in [0.05, 0.1) is 0 Å². The van der Waals surface area contributed by atoms with Crippen LogP contribution in [0.5, 0.6) is 0 Å². The first-order valence-electron chi connectivity index (χ1n) is 6.68. The van der Waals surface area contributed by atoms with Crippen LogP contribution in [0.15, 0.2) is 40.8 Å². The molecule has 0 saturated heterocycles. The van der Waals surface area contributed by atoms with E-state index in [0.717, 1.165) is 6.26 Å². The second kappa shape index (κ2) is 6.66. The van der Waals surface area contributed by atoms with Crippen LogP contribution < -0.4 is 10.6 Å². The van der Waals surface area contributed by atoms with E-state index in [2.05, 4.69) is 10.6 Å². The number of hydrogen-bond acceptors (Lipinski definition) is 5. The number of amides is 2. The minimum absolute atomic E-state index is 0.202. The fourth-order valence-corrected chi connectivity index (χ4v) is 2.37. The molecule has 0 fully saturated rings. The number of benzene rings is 1. The molecule has 2 N–H and O–H groups in total. The second-order valence-corrected chi connectivity index (χ2v) is 7.20. The average molecular weight is 336 g/mol. The van der Waals surface area contributed by atoms with Crippen molar-refractivity contribution in [2.75, 3.05) is 22.6 Å². The lowest BCUT2D eigenvalue weighted by molar-refractivity contribution is -0.113. The molecule has 2 rings (SSSR count). The first kappa shape index (κ1) is 16.8. The number of nitrogens with one attached hydrogen (secondary N) is 2. The summed E-state index contributed by atoms with van der Waals surface area (Å²) in [4.78, 5) is 23.4. The predicted molar refractivity (Wildman–Crippen MR) is 86.2 cm³/mol. The van der Waals surface area contributed by atoms with Crippen LogP contribution in [0.2, 0.25) is 0 Å². The van der Waals surface area contributed by atoms with Crippen molar-refractivity contribution >= 4 is 33.0 Å². The van der Waals surface area contributed by atoms with Crippen molar-refractivity contribution < 1.29 is 22.4 Å². The van der Waals surface area contributed by atoms with Crippen molar-refractivity contribution in [2.24, 2.45) is 0 Å². The van der Waals surface area contributed by atoms with E-state index in [1.165, 1.54) is 0 Å². The Hall–Kier alpha value is -2.61. The smallest absolute Gasteiger partial charge is 0.291 e. The molecule has 0 aliphatic heterocycles. The molecule has 1 aromatic carbocycles. The maximum atomic E-state index is 11.9. The molecule has 23 heavy (non-hydrogen) atoms. The normalized spacial score (nSPS) is 11.0. The van der Waals surface area contributed by atoms with Gasteiger partial charge in [0, 0.05) is 17.6 Å². The highest BCUT2D eigenvalue weighted by Crippen LogP contribution is 2.15. The summed E-state index contributed by atoms with van der Waals surface area (Å²) in [5, 5.41) is 5.11. The van der Waals surface area contributed by atoms with Crippen molar-refractivity contribution in [2.45, 2.75) is 6.92 Å². The number of hydrogen-bond donors (Lipinski definition) is 2. The van der Waals surface area contributed by atoms with Gasteiger partial charge in [-0.15, -0.1) is 0 Å². The molecular formula is C15H16N2O5S.